The van der Waals surface area contributed by atoms with Gasteiger partial charge in [-0.25, -0.2) is 9.78 Å². The van der Waals surface area contributed by atoms with Gasteiger partial charge in [0.05, 0.1) is 35.4 Å². The zero-order chi connectivity index (χ0) is 42.4. The van der Waals surface area contributed by atoms with E-state index in [2.05, 4.69) is 49.9 Å². The van der Waals surface area contributed by atoms with Crippen molar-refractivity contribution in [1.29, 1.82) is 0 Å². The van der Waals surface area contributed by atoms with Gasteiger partial charge in [0.2, 0.25) is 5.91 Å². The molecule has 1 saturated carbocycles. The number of anilines is 3. The van der Waals surface area contributed by atoms with E-state index < -0.39 is 6.03 Å². The number of hydrogen-bond acceptors (Lipinski definition) is 11. The number of hydrogen-bond donors (Lipinski definition) is 3. The summed E-state index contributed by atoms with van der Waals surface area (Å²) in [5, 5.41) is 22.4. The van der Waals surface area contributed by atoms with E-state index in [0.717, 1.165) is 73.2 Å². The van der Waals surface area contributed by atoms with Crippen molar-refractivity contribution in [3.05, 3.63) is 89.7 Å². The highest BCUT2D eigenvalue weighted by molar-refractivity contribution is 6.06. The standard InChI is InChI=1S/C46H54N10O5/c1-28-25-56(44-37(28)22-35(24-48-44)54-17-16-42(58)49-46(54)60)34-14-8-31(9-15-34)26-52-18-20-53(21-19-52)45(59)33-12-10-32(11-13-33)41-27-55(29(2)30(3)61-41)39-23-38(50-51-43(39)47)36-6-4-5-7-40(36)57/h4-7,10-13,22-25,29-31,34,41,57H,8-9,14-21,26-27H2,1-3H3,(H2,47,51)(H,49,58,60)/t29-,30+,31?,34?,41+/m0/s1. The summed E-state index contributed by atoms with van der Waals surface area (Å²) < 4.78 is 8.82. The Kier molecular flexibility index (Phi) is 11.1. The molecule has 0 spiro atoms. The fraction of sp³-hybridized carbons (Fsp3) is 0.435. The van der Waals surface area contributed by atoms with Crippen LogP contribution in [-0.2, 0) is 9.53 Å². The molecule has 5 aromatic rings. The Balaban J connectivity index is 0.770. The Morgan fingerprint density at radius 2 is 1.70 bits per heavy atom. The number of para-hydroxylation sites is 1. The second kappa shape index (κ2) is 16.8. The number of ether oxygens (including phenoxy) is 1. The molecule has 0 unspecified atom stereocenters. The van der Waals surface area contributed by atoms with Gasteiger partial charge in [0, 0.05) is 81.0 Å². The minimum absolute atomic E-state index is 0.00556. The van der Waals surface area contributed by atoms with Crippen LogP contribution in [0.15, 0.2) is 73.1 Å². The van der Waals surface area contributed by atoms with Gasteiger partial charge in [-0.1, -0.05) is 24.3 Å². The number of aromatic nitrogens is 4. The van der Waals surface area contributed by atoms with Crippen LogP contribution in [0.4, 0.5) is 22.0 Å². The second-order valence-electron chi connectivity index (χ2n) is 17.2. The lowest BCUT2D eigenvalue weighted by molar-refractivity contribution is -0.120. The summed E-state index contributed by atoms with van der Waals surface area (Å²) in [5.74, 6) is 0.858. The number of pyridine rings is 1. The molecule has 4 fully saturated rings. The highest BCUT2D eigenvalue weighted by atomic mass is 16.5. The van der Waals surface area contributed by atoms with Crippen LogP contribution < -0.4 is 20.9 Å². The number of rotatable bonds is 8. The largest absolute Gasteiger partial charge is 0.507 e. The number of benzene rings is 2. The monoisotopic (exact) mass is 826 g/mol. The maximum Gasteiger partial charge on any atom is 0.328 e. The maximum atomic E-state index is 13.7. The van der Waals surface area contributed by atoms with Crippen LogP contribution in [0.2, 0.25) is 0 Å². The molecule has 4 aliphatic rings. The van der Waals surface area contributed by atoms with Crippen molar-refractivity contribution in [1.82, 2.24) is 34.9 Å². The van der Waals surface area contributed by atoms with Crippen LogP contribution in [0.5, 0.6) is 5.75 Å². The van der Waals surface area contributed by atoms with E-state index in [1.165, 1.54) is 0 Å². The molecular formula is C46H54N10O5. The summed E-state index contributed by atoms with van der Waals surface area (Å²) in [7, 11) is 0. The molecule has 2 aromatic carbocycles. The van der Waals surface area contributed by atoms with Gasteiger partial charge < -0.3 is 29.9 Å². The number of aryl methyl sites for hydroxylation is 1. The lowest BCUT2D eigenvalue weighted by atomic mass is 9.85. The van der Waals surface area contributed by atoms with Gasteiger partial charge in [0.25, 0.3) is 5.91 Å². The molecule has 15 nitrogen and oxygen atoms in total. The molecule has 61 heavy (non-hydrogen) atoms. The number of imide groups is 1. The molecule has 6 heterocycles. The molecule has 3 aromatic heterocycles. The zero-order valence-electron chi connectivity index (χ0n) is 35.0. The number of fused-ring (bicyclic) bond motifs is 1. The molecule has 4 amide bonds. The molecule has 4 N–H and O–H groups in total. The average molecular weight is 827 g/mol. The quantitative estimate of drug-likeness (QED) is 0.165. The van der Waals surface area contributed by atoms with Gasteiger partial charge in [-0.15, -0.1) is 10.2 Å². The number of nitrogen functional groups attached to an aromatic ring is 1. The number of aromatic hydroxyl groups is 1. The number of piperazine rings is 1. The Labute approximate surface area is 355 Å². The number of carbonyl (C=O) groups is 3. The first-order valence-corrected chi connectivity index (χ1v) is 21.5. The Hall–Kier alpha value is -6.06. The predicted molar refractivity (Wildman–Crippen MR) is 233 cm³/mol. The first-order chi connectivity index (χ1) is 29.5. The van der Waals surface area contributed by atoms with E-state index in [4.69, 9.17) is 15.5 Å². The summed E-state index contributed by atoms with van der Waals surface area (Å²) in [5.41, 5.74) is 12.7. The fourth-order valence-corrected chi connectivity index (χ4v) is 9.60. The molecule has 3 atom stereocenters. The third kappa shape index (κ3) is 8.11. The predicted octanol–water partition coefficient (Wildman–Crippen LogP) is 6.08. The van der Waals surface area contributed by atoms with Gasteiger partial charge >= 0.3 is 6.03 Å². The van der Waals surface area contributed by atoms with Crippen molar-refractivity contribution in [3.8, 4) is 17.0 Å². The molecule has 9 rings (SSSR count). The van der Waals surface area contributed by atoms with E-state index >= 15 is 0 Å². The lowest BCUT2D eigenvalue weighted by Crippen LogP contribution is -2.50. The van der Waals surface area contributed by atoms with E-state index in [1.54, 1.807) is 29.3 Å². The number of carbonyl (C=O) groups excluding carboxylic acids is 3. The number of morpholine rings is 1. The second-order valence-corrected chi connectivity index (χ2v) is 17.2. The van der Waals surface area contributed by atoms with Crippen LogP contribution in [0.3, 0.4) is 0 Å². The molecule has 318 valence electrons. The Bertz CT molecular complexity index is 2440. The maximum absolute atomic E-state index is 13.7. The van der Waals surface area contributed by atoms with Gasteiger partial charge in [-0.3, -0.25) is 24.7 Å². The van der Waals surface area contributed by atoms with Crippen LogP contribution in [0.25, 0.3) is 22.3 Å². The van der Waals surface area contributed by atoms with E-state index in [-0.39, 0.29) is 42.2 Å². The van der Waals surface area contributed by atoms with Crippen molar-refractivity contribution in [3.63, 3.8) is 0 Å². The molecule has 3 saturated heterocycles. The normalized spacial score (nSPS) is 24.0. The molecule has 3 aliphatic heterocycles. The number of urea groups is 1. The summed E-state index contributed by atoms with van der Waals surface area (Å²) in [6.07, 6.45) is 8.30. The van der Waals surface area contributed by atoms with E-state index in [0.29, 0.717) is 66.5 Å². The highest BCUT2D eigenvalue weighted by Crippen LogP contribution is 2.39. The van der Waals surface area contributed by atoms with Gasteiger partial charge in [0.1, 0.15) is 17.5 Å². The molecular weight excluding hydrogens is 773 g/mol. The third-order valence-corrected chi connectivity index (χ3v) is 13.3. The van der Waals surface area contributed by atoms with Gasteiger partial charge in [-0.05, 0) is 99.9 Å². The van der Waals surface area contributed by atoms with Crippen molar-refractivity contribution < 1.29 is 24.2 Å². The Morgan fingerprint density at radius 1 is 0.951 bits per heavy atom. The molecule has 1 aliphatic carbocycles. The van der Waals surface area contributed by atoms with Gasteiger partial charge in [-0.2, -0.15) is 0 Å². The topological polar surface area (TPSA) is 175 Å². The van der Waals surface area contributed by atoms with Crippen molar-refractivity contribution in [2.75, 3.05) is 61.3 Å². The molecule has 0 radical (unpaired) electrons. The number of amides is 4. The molecule has 15 heteroatoms. The number of nitrogens with zero attached hydrogens (tertiary/aromatic N) is 8. The van der Waals surface area contributed by atoms with Crippen LogP contribution in [0, 0.1) is 12.8 Å². The average Bonchev–Trinajstić information content (AvgIpc) is 3.60. The zero-order valence-corrected chi connectivity index (χ0v) is 35.0. The third-order valence-electron chi connectivity index (χ3n) is 13.3. The minimum atomic E-state index is -0.398. The van der Waals surface area contributed by atoms with Crippen molar-refractivity contribution >= 4 is 46.1 Å². The number of phenols is 1. The first-order valence-electron chi connectivity index (χ1n) is 21.5. The Morgan fingerprint density at radius 3 is 2.44 bits per heavy atom. The van der Waals surface area contributed by atoms with Crippen LogP contribution in [-0.4, -0.2) is 110 Å². The van der Waals surface area contributed by atoms with Crippen LogP contribution >= 0.6 is 0 Å². The van der Waals surface area contributed by atoms with E-state index in [1.807, 2.05) is 54.3 Å². The molecule has 0 bridgehead atoms. The van der Waals surface area contributed by atoms with Crippen molar-refractivity contribution in [2.45, 2.75) is 77.2 Å². The highest BCUT2D eigenvalue weighted by Gasteiger charge is 2.35. The number of nitrogens with one attached hydrogen (secondary N) is 1. The first kappa shape index (κ1) is 40.4. The van der Waals surface area contributed by atoms with Crippen LogP contribution in [0.1, 0.15) is 79.6 Å². The number of phenolic OH excluding ortho intramolecular Hbond substituents is 1. The SMILES string of the molecule is Cc1cn(C2CCC(CN3CCN(C(=O)c4ccc([C@H]5CN(c6cc(-c7ccccc7O)nnc6N)[C@@H](C)[C@@H](C)O5)cc4)CC3)CC2)c2ncc(N3CCC(=O)NC3=O)cc12. The smallest absolute Gasteiger partial charge is 0.328 e. The fourth-order valence-electron chi connectivity index (χ4n) is 9.60. The van der Waals surface area contributed by atoms with Gasteiger partial charge in [0.15, 0.2) is 5.82 Å². The summed E-state index contributed by atoms with van der Waals surface area (Å²) >= 11 is 0. The van der Waals surface area contributed by atoms with Crippen molar-refractivity contribution in [2.24, 2.45) is 5.92 Å². The summed E-state index contributed by atoms with van der Waals surface area (Å²) in [4.78, 5) is 50.9. The summed E-state index contributed by atoms with van der Waals surface area (Å²) in [6.45, 7) is 11.3. The number of nitrogens with two attached hydrogens (primary N) is 1. The van der Waals surface area contributed by atoms with E-state index in [9.17, 15) is 19.5 Å². The summed E-state index contributed by atoms with van der Waals surface area (Å²) in [6, 6.07) is 18.8. The minimum Gasteiger partial charge on any atom is -0.507 e. The lowest BCUT2D eigenvalue weighted by Gasteiger charge is -2.43.